The molecule has 1 saturated heterocycles. The van der Waals surface area contributed by atoms with Crippen LogP contribution in [-0.2, 0) is 16.6 Å². The van der Waals surface area contributed by atoms with Gasteiger partial charge < -0.3 is 15.1 Å². The van der Waals surface area contributed by atoms with Crippen LogP contribution in [-0.4, -0.2) is 54.0 Å². The maximum atomic E-state index is 12.9. The van der Waals surface area contributed by atoms with E-state index in [9.17, 15) is 9.59 Å². The van der Waals surface area contributed by atoms with Crippen molar-refractivity contribution in [3.8, 4) is 0 Å². The summed E-state index contributed by atoms with van der Waals surface area (Å²) in [5.41, 5.74) is 3.58. The lowest BCUT2D eigenvalue weighted by molar-refractivity contribution is -0.130. The van der Waals surface area contributed by atoms with Crippen LogP contribution in [0.15, 0.2) is 18.2 Å². The quantitative estimate of drug-likeness (QED) is 0.882. The average Bonchev–Trinajstić information content (AvgIpc) is 2.81. The second-order valence-electron chi connectivity index (χ2n) is 8.89. The largest absolute Gasteiger partial charge is 0.341 e. The van der Waals surface area contributed by atoms with Crippen molar-refractivity contribution in [2.45, 2.75) is 65.8 Å². The molecule has 5 heteroatoms. The Balaban J connectivity index is 2.01. The number of carbonyl (C=O) groups excluding carboxylic acids is 2. The fourth-order valence-electron chi connectivity index (χ4n) is 3.31. The van der Waals surface area contributed by atoms with Crippen LogP contribution < -0.4 is 5.32 Å². The minimum absolute atomic E-state index is 0.0342. The van der Waals surface area contributed by atoms with Crippen LogP contribution in [0, 0.1) is 6.92 Å². The van der Waals surface area contributed by atoms with Crippen LogP contribution in [0.4, 0.5) is 4.79 Å². The second kappa shape index (κ2) is 8.77. The first-order valence-corrected chi connectivity index (χ1v) is 10.0. The summed E-state index contributed by atoms with van der Waals surface area (Å²) in [6, 6.07) is 6.53. The first kappa shape index (κ1) is 21.3. The normalized spacial score (nSPS) is 15.7. The molecule has 2 rings (SSSR count). The number of urea groups is 1. The Morgan fingerprint density at radius 1 is 1.07 bits per heavy atom. The number of nitrogens with zero attached hydrogens (tertiary/aromatic N) is 2. The average molecular weight is 374 g/mol. The molecule has 1 aliphatic rings. The number of nitrogens with one attached hydrogen (secondary N) is 1. The molecule has 0 radical (unpaired) electrons. The molecule has 0 aliphatic carbocycles. The Labute approximate surface area is 164 Å². The zero-order valence-corrected chi connectivity index (χ0v) is 17.8. The highest BCUT2D eigenvalue weighted by atomic mass is 16.2. The van der Waals surface area contributed by atoms with E-state index in [0.717, 1.165) is 17.5 Å². The van der Waals surface area contributed by atoms with Crippen LogP contribution in [0.25, 0.3) is 0 Å². The van der Waals surface area contributed by atoms with Crippen molar-refractivity contribution in [1.29, 1.82) is 0 Å². The number of hydrogen-bond donors (Lipinski definition) is 1. The van der Waals surface area contributed by atoms with Crippen molar-refractivity contribution >= 4 is 11.9 Å². The Kier molecular flexibility index (Phi) is 6.90. The lowest BCUT2D eigenvalue weighted by atomic mass is 9.85. The first-order chi connectivity index (χ1) is 12.6. The van der Waals surface area contributed by atoms with E-state index in [1.807, 2.05) is 23.6 Å². The van der Waals surface area contributed by atoms with E-state index in [1.54, 1.807) is 0 Å². The van der Waals surface area contributed by atoms with Crippen molar-refractivity contribution in [2.75, 3.05) is 26.2 Å². The fourth-order valence-corrected chi connectivity index (χ4v) is 3.31. The second-order valence-corrected chi connectivity index (χ2v) is 8.89. The third kappa shape index (κ3) is 5.98. The molecule has 27 heavy (non-hydrogen) atoms. The van der Waals surface area contributed by atoms with E-state index >= 15 is 0 Å². The maximum absolute atomic E-state index is 12.9. The van der Waals surface area contributed by atoms with Crippen molar-refractivity contribution in [3.05, 3.63) is 34.9 Å². The van der Waals surface area contributed by atoms with Crippen LogP contribution in [0.3, 0.4) is 0 Å². The van der Waals surface area contributed by atoms with Crippen LogP contribution in [0.5, 0.6) is 0 Å². The molecule has 1 N–H and O–H groups in total. The third-order valence-corrected chi connectivity index (χ3v) is 5.10. The molecule has 0 unspecified atom stereocenters. The molecule has 1 fully saturated rings. The van der Waals surface area contributed by atoms with Gasteiger partial charge in [-0.1, -0.05) is 39.0 Å². The molecule has 3 amide bonds. The van der Waals surface area contributed by atoms with Gasteiger partial charge in [-0.25, -0.2) is 4.79 Å². The lowest BCUT2D eigenvalue weighted by Crippen LogP contribution is -2.45. The van der Waals surface area contributed by atoms with E-state index in [2.05, 4.69) is 51.2 Å². The van der Waals surface area contributed by atoms with Crippen LogP contribution in [0.2, 0.25) is 0 Å². The molecule has 1 aromatic carbocycles. The number of aryl methyl sites for hydroxylation is 1. The Morgan fingerprint density at radius 2 is 1.70 bits per heavy atom. The monoisotopic (exact) mass is 373 g/mol. The summed E-state index contributed by atoms with van der Waals surface area (Å²) in [5.74, 6) is 0.148. The summed E-state index contributed by atoms with van der Waals surface area (Å²) in [6.45, 7) is 15.1. The van der Waals surface area contributed by atoms with Gasteiger partial charge >= 0.3 is 6.03 Å². The van der Waals surface area contributed by atoms with Gasteiger partial charge in [-0.3, -0.25) is 4.79 Å². The van der Waals surface area contributed by atoms with Crippen molar-refractivity contribution in [1.82, 2.24) is 15.1 Å². The van der Waals surface area contributed by atoms with Gasteiger partial charge in [0, 0.05) is 32.2 Å². The molecule has 0 bridgehead atoms. The molecular weight excluding hydrogens is 338 g/mol. The van der Waals surface area contributed by atoms with E-state index in [0.29, 0.717) is 32.6 Å². The number of rotatable bonds is 3. The number of benzene rings is 1. The molecule has 0 spiro atoms. The van der Waals surface area contributed by atoms with Crippen LogP contribution in [0.1, 0.15) is 57.7 Å². The van der Waals surface area contributed by atoms with Gasteiger partial charge in [0.25, 0.3) is 0 Å². The number of hydrogen-bond acceptors (Lipinski definition) is 2. The van der Waals surface area contributed by atoms with E-state index in [-0.39, 0.29) is 23.4 Å². The molecule has 0 atom stereocenters. The summed E-state index contributed by atoms with van der Waals surface area (Å²) < 4.78 is 0. The Hall–Kier alpha value is -2.04. The third-order valence-electron chi connectivity index (χ3n) is 5.10. The zero-order valence-electron chi connectivity index (χ0n) is 17.8. The first-order valence-electron chi connectivity index (χ1n) is 10.0. The van der Waals surface area contributed by atoms with Crippen molar-refractivity contribution < 1.29 is 9.59 Å². The topological polar surface area (TPSA) is 52.7 Å². The highest BCUT2D eigenvalue weighted by Crippen LogP contribution is 2.25. The van der Waals surface area contributed by atoms with Gasteiger partial charge in [0.05, 0.1) is 6.42 Å². The minimum Gasteiger partial charge on any atom is -0.341 e. The molecule has 5 nitrogen and oxygen atoms in total. The van der Waals surface area contributed by atoms with Crippen molar-refractivity contribution in [3.63, 3.8) is 0 Å². The minimum atomic E-state index is -0.0342. The smallest absolute Gasteiger partial charge is 0.317 e. The number of amides is 3. The van der Waals surface area contributed by atoms with Gasteiger partial charge in [-0.2, -0.15) is 0 Å². The maximum Gasteiger partial charge on any atom is 0.317 e. The van der Waals surface area contributed by atoms with Gasteiger partial charge in [-0.05, 0) is 49.3 Å². The number of carbonyl (C=O) groups is 2. The highest BCUT2D eigenvalue weighted by molar-refractivity contribution is 5.79. The van der Waals surface area contributed by atoms with E-state index < -0.39 is 0 Å². The summed E-state index contributed by atoms with van der Waals surface area (Å²) >= 11 is 0. The SMILES string of the molecule is Cc1ccc(C(C)(C)C)cc1CC(=O)N1CCCN(C(=O)NC(C)C)CC1. The summed E-state index contributed by atoms with van der Waals surface area (Å²) in [5, 5.41) is 2.94. The zero-order chi connectivity index (χ0) is 20.2. The molecule has 150 valence electrons. The molecular formula is C22H35N3O2. The van der Waals surface area contributed by atoms with Crippen LogP contribution >= 0.6 is 0 Å². The summed E-state index contributed by atoms with van der Waals surface area (Å²) in [6.07, 6.45) is 1.24. The van der Waals surface area contributed by atoms with E-state index in [1.165, 1.54) is 5.56 Å². The molecule has 1 heterocycles. The molecule has 1 aliphatic heterocycles. The lowest BCUT2D eigenvalue weighted by Gasteiger charge is -2.24. The van der Waals surface area contributed by atoms with Gasteiger partial charge in [0.1, 0.15) is 0 Å². The van der Waals surface area contributed by atoms with Gasteiger partial charge in [0.2, 0.25) is 5.91 Å². The molecule has 1 aromatic rings. The molecule has 0 aromatic heterocycles. The molecule has 0 saturated carbocycles. The highest BCUT2D eigenvalue weighted by Gasteiger charge is 2.23. The predicted octanol–water partition coefficient (Wildman–Crippen LogP) is 3.49. The fraction of sp³-hybridized carbons (Fsp3) is 0.636. The standard InChI is InChI=1S/C22H35N3O2/c1-16(2)23-21(27)25-11-7-10-24(12-13-25)20(26)15-18-14-19(22(4,5)6)9-8-17(18)3/h8-9,14,16H,7,10-13,15H2,1-6H3,(H,23,27). The van der Waals surface area contributed by atoms with Crippen molar-refractivity contribution in [2.24, 2.45) is 0 Å². The summed E-state index contributed by atoms with van der Waals surface area (Å²) in [4.78, 5) is 28.8. The summed E-state index contributed by atoms with van der Waals surface area (Å²) in [7, 11) is 0. The van der Waals surface area contributed by atoms with Gasteiger partial charge in [-0.15, -0.1) is 0 Å². The predicted molar refractivity (Wildman–Crippen MR) is 110 cm³/mol. The van der Waals surface area contributed by atoms with Gasteiger partial charge in [0.15, 0.2) is 0 Å². The van der Waals surface area contributed by atoms with E-state index in [4.69, 9.17) is 0 Å². The Bertz CT molecular complexity index is 677. The Morgan fingerprint density at radius 3 is 2.33 bits per heavy atom.